The number of halogens is 1. The van der Waals surface area contributed by atoms with Crippen LogP contribution in [0.3, 0.4) is 0 Å². The number of benzene rings is 1. The second kappa shape index (κ2) is 4.98. The monoisotopic (exact) mass is 337 g/mol. The number of anilines is 1. The fourth-order valence-corrected chi connectivity index (χ4v) is 3.71. The topological polar surface area (TPSA) is 72.0 Å². The number of nitrogens with zero attached hydrogens (tertiary/aromatic N) is 3. The first-order valence-electron chi connectivity index (χ1n) is 8.12. The van der Waals surface area contributed by atoms with Gasteiger partial charge < -0.3 is 10.7 Å². The highest BCUT2D eigenvalue weighted by Gasteiger charge is 2.27. The van der Waals surface area contributed by atoms with Gasteiger partial charge in [0, 0.05) is 23.7 Å². The van der Waals surface area contributed by atoms with E-state index in [1.165, 1.54) is 19.3 Å². The molecule has 3 aromatic heterocycles. The zero-order valence-corrected chi connectivity index (χ0v) is 13.7. The lowest BCUT2D eigenvalue weighted by molar-refractivity contribution is 0.400. The Hall–Kier alpha value is -2.53. The van der Waals surface area contributed by atoms with Gasteiger partial charge in [-0.25, -0.2) is 9.97 Å². The fraction of sp³-hybridized carbons (Fsp3) is 0.222. The summed E-state index contributed by atoms with van der Waals surface area (Å²) in [6.07, 6.45) is 7.31. The van der Waals surface area contributed by atoms with Gasteiger partial charge >= 0.3 is 0 Å². The van der Waals surface area contributed by atoms with E-state index in [0.29, 0.717) is 16.8 Å². The number of para-hydroxylation sites is 1. The number of imidazole rings is 1. The molecule has 24 heavy (non-hydrogen) atoms. The average molecular weight is 338 g/mol. The van der Waals surface area contributed by atoms with Crippen LogP contribution in [-0.4, -0.2) is 19.4 Å². The van der Waals surface area contributed by atoms with Crippen LogP contribution in [0.1, 0.15) is 31.0 Å². The van der Waals surface area contributed by atoms with Gasteiger partial charge in [-0.05, 0) is 25.0 Å². The van der Waals surface area contributed by atoms with Crippen molar-refractivity contribution in [1.29, 1.82) is 0 Å². The number of rotatable bonds is 2. The molecule has 1 aliphatic carbocycles. The Morgan fingerprint density at radius 2 is 2.17 bits per heavy atom. The Labute approximate surface area is 143 Å². The van der Waals surface area contributed by atoms with Crippen LogP contribution in [0.4, 0.5) is 5.82 Å². The normalized spacial score (nSPS) is 15.2. The van der Waals surface area contributed by atoms with E-state index in [2.05, 4.69) is 20.4 Å². The molecule has 0 unspecified atom stereocenters. The summed E-state index contributed by atoms with van der Waals surface area (Å²) < 4.78 is 2.09. The Morgan fingerprint density at radius 1 is 1.29 bits per heavy atom. The van der Waals surface area contributed by atoms with Gasteiger partial charge in [-0.15, -0.1) is 0 Å². The average Bonchev–Trinajstić information content (AvgIpc) is 3.09. The van der Waals surface area contributed by atoms with Crippen LogP contribution >= 0.6 is 11.6 Å². The number of H-pyrrole nitrogens is 1. The summed E-state index contributed by atoms with van der Waals surface area (Å²) in [5.41, 5.74) is 9.72. The van der Waals surface area contributed by atoms with E-state index in [0.717, 1.165) is 33.6 Å². The Kier molecular flexibility index (Phi) is 2.88. The standard InChI is InChI=1S/C18H16ClN5/c19-12-6-2-5-11-9-13(22-14(11)12)15-16-17(20)21-7-8-24(16)18(23-15)10-3-1-4-10/h2,5-10,22H,1,3-4H2,(H2,20,21). The highest BCUT2D eigenvalue weighted by molar-refractivity contribution is 6.35. The van der Waals surface area contributed by atoms with E-state index in [4.69, 9.17) is 22.3 Å². The molecule has 6 heteroatoms. The summed E-state index contributed by atoms with van der Waals surface area (Å²) in [6.45, 7) is 0. The molecule has 0 amide bonds. The van der Waals surface area contributed by atoms with E-state index in [1.807, 2.05) is 24.4 Å². The number of hydrogen-bond donors (Lipinski definition) is 2. The summed E-state index contributed by atoms with van der Waals surface area (Å²) in [6, 6.07) is 7.93. The van der Waals surface area contributed by atoms with Crippen molar-refractivity contribution in [1.82, 2.24) is 19.4 Å². The zero-order chi connectivity index (χ0) is 16.3. The Bertz CT molecular complexity index is 1070. The maximum absolute atomic E-state index is 6.30. The van der Waals surface area contributed by atoms with Crippen molar-refractivity contribution >= 4 is 33.8 Å². The first kappa shape index (κ1) is 13.9. The molecule has 5 nitrogen and oxygen atoms in total. The number of nitrogens with two attached hydrogens (primary N) is 1. The third kappa shape index (κ3) is 1.88. The molecule has 3 heterocycles. The van der Waals surface area contributed by atoms with E-state index in [-0.39, 0.29) is 0 Å². The van der Waals surface area contributed by atoms with Crippen LogP contribution in [0, 0.1) is 0 Å². The predicted molar refractivity (Wildman–Crippen MR) is 96.3 cm³/mol. The third-order valence-electron chi connectivity index (χ3n) is 4.94. The van der Waals surface area contributed by atoms with Gasteiger partial charge in [-0.1, -0.05) is 30.2 Å². The zero-order valence-electron chi connectivity index (χ0n) is 13.0. The van der Waals surface area contributed by atoms with Crippen LogP contribution in [0.25, 0.3) is 27.8 Å². The van der Waals surface area contributed by atoms with E-state index in [9.17, 15) is 0 Å². The first-order valence-corrected chi connectivity index (χ1v) is 8.50. The lowest BCUT2D eigenvalue weighted by Crippen LogP contribution is -2.12. The minimum absolute atomic E-state index is 0.496. The molecule has 5 rings (SSSR count). The van der Waals surface area contributed by atoms with E-state index < -0.39 is 0 Å². The first-order chi connectivity index (χ1) is 11.7. The lowest BCUT2D eigenvalue weighted by atomic mass is 9.85. The van der Waals surface area contributed by atoms with Crippen molar-refractivity contribution in [2.24, 2.45) is 0 Å². The molecule has 1 aromatic carbocycles. The number of nitrogens with one attached hydrogen (secondary N) is 1. The van der Waals surface area contributed by atoms with Crippen LogP contribution in [0.2, 0.25) is 5.02 Å². The quantitative estimate of drug-likeness (QED) is 0.570. The van der Waals surface area contributed by atoms with E-state index in [1.54, 1.807) is 6.20 Å². The predicted octanol–water partition coefficient (Wildman–Crippen LogP) is 4.38. The van der Waals surface area contributed by atoms with Crippen molar-refractivity contribution < 1.29 is 0 Å². The summed E-state index contributed by atoms with van der Waals surface area (Å²) >= 11 is 6.30. The molecule has 1 fully saturated rings. The van der Waals surface area contributed by atoms with Crippen molar-refractivity contribution in [3.63, 3.8) is 0 Å². The summed E-state index contributed by atoms with van der Waals surface area (Å²) in [5, 5.41) is 1.76. The Balaban J connectivity index is 1.80. The van der Waals surface area contributed by atoms with Gasteiger partial charge in [0.15, 0.2) is 0 Å². The lowest BCUT2D eigenvalue weighted by Gasteiger charge is -2.23. The number of hydrogen-bond acceptors (Lipinski definition) is 3. The largest absolute Gasteiger partial charge is 0.382 e. The molecule has 3 N–H and O–H groups in total. The molecule has 0 radical (unpaired) electrons. The van der Waals surface area contributed by atoms with Crippen molar-refractivity contribution in [3.8, 4) is 11.4 Å². The minimum atomic E-state index is 0.496. The van der Waals surface area contributed by atoms with E-state index >= 15 is 0 Å². The maximum atomic E-state index is 6.30. The fourth-order valence-electron chi connectivity index (χ4n) is 3.48. The number of aromatic amines is 1. The third-order valence-corrected chi connectivity index (χ3v) is 5.26. The summed E-state index contributed by atoms with van der Waals surface area (Å²) in [4.78, 5) is 12.6. The molecule has 0 atom stereocenters. The van der Waals surface area contributed by atoms with Gasteiger partial charge in [0.2, 0.25) is 0 Å². The number of aromatic nitrogens is 4. The van der Waals surface area contributed by atoms with Gasteiger partial charge in [0.1, 0.15) is 22.9 Å². The second-order valence-electron chi connectivity index (χ2n) is 6.36. The maximum Gasteiger partial charge on any atom is 0.150 e. The van der Waals surface area contributed by atoms with Gasteiger partial charge in [0.05, 0.1) is 16.2 Å². The van der Waals surface area contributed by atoms with Crippen LogP contribution in [-0.2, 0) is 0 Å². The van der Waals surface area contributed by atoms with Crippen LogP contribution in [0.15, 0.2) is 36.7 Å². The molecule has 1 saturated carbocycles. The number of fused-ring (bicyclic) bond motifs is 2. The SMILES string of the molecule is Nc1nccn2c(C3CCC3)nc(-c3cc4cccc(Cl)c4[nH]3)c12. The molecular weight excluding hydrogens is 322 g/mol. The molecule has 120 valence electrons. The molecule has 1 aliphatic rings. The molecule has 0 bridgehead atoms. The van der Waals surface area contributed by atoms with Crippen molar-refractivity contribution in [2.75, 3.05) is 5.73 Å². The highest BCUT2D eigenvalue weighted by Crippen LogP contribution is 2.39. The van der Waals surface area contributed by atoms with Crippen molar-refractivity contribution in [3.05, 3.63) is 47.5 Å². The van der Waals surface area contributed by atoms with Gasteiger partial charge in [0.25, 0.3) is 0 Å². The molecule has 0 saturated heterocycles. The van der Waals surface area contributed by atoms with Gasteiger partial charge in [-0.3, -0.25) is 4.40 Å². The Morgan fingerprint density at radius 3 is 2.92 bits per heavy atom. The molecular formula is C18H16ClN5. The van der Waals surface area contributed by atoms with Crippen LogP contribution in [0.5, 0.6) is 0 Å². The molecule has 0 aliphatic heterocycles. The second-order valence-corrected chi connectivity index (χ2v) is 6.77. The smallest absolute Gasteiger partial charge is 0.150 e. The number of nitrogen functional groups attached to an aromatic ring is 1. The molecule has 4 aromatic rings. The summed E-state index contributed by atoms with van der Waals surface area (Å²) in [5.74, 6) is 2.07. The highest BCUT2D eigenvalue weighted by atomic mass is 35.5. The van der Waals surface area contributed by atoms with Crippen molar-refractivity contribution in [2.45, 2.75) is 25.2 Å². The van der Waals surface area contributed by atoms with Gasteiger partial charge in [-0.2, -0.15) is 0 Å². The van der Waals surface area contributed by atoms with Crippen LogP contribution < -0.4 is 5.73 Å². The minimum Gasteiger partial charge on any atom is -0.382 e. The summed E-state index contributed by atoms with van der Waals surface area (Å²) in [7, 11) is 0. The molecule has 0 spiro atoms.